The van der Waals surface area contributed by atoms with Crippen molar-refractivity contribution in [3.8, 4) is 17.4 Å². The highest BCUT2D eigenvalue weighted by molar-refractivity contribution is 8.00. The van der Waals surface area contributed by atoms with E-state index >= 15 is 0 Å². The van der Waals surface area contributed by atoms with Gasteiger partial charge in [-0.3, -0.25) is 14.4 Å². The third-order valence-corrected chi connectivity index (χ3v) is 5.97. The van der Waals surface area contributed by atoms with Gasteiger partial charge in [-0.25, -0.2) is 4.90 Å². The van der Waals surface area contributed by atoms with Gasteiger partial charge in [0.15, 0.2) is 5.16 Å². The Morgan fingerprint density at radius 1 is 1.09 bits per heavy atom. The van der Waals surface area contributed by atoms with Gasteiger partial charge in [0, 0.05) is 6.42 Å². The zero-order valence-corrected chi connectivity index (χ0v) is 18.1. The van der Waals surface area contributed by atoms with E-state index in [-0.39, 0.29) is 28.9 Å². The van der Waals surface area contributed by atoms with E-state index in [1.165, 1.54) is 0 Å². The Labute approximate surface area is 188 Å². The number of aromatic amines is 1. The summed E-state index contributed by atoms with van der Waals surface area (Å²) in [6.07, 6.45) is 1.05. The first-order valence-corrected chi connectivity index (χ1v) is 11.0. The zero-order valence-electron chi connectivity index (χ0n) is 17.3. The number of para-hydroxylation sites is 1. The van der Waals surface area contributed by atoms with E-state index in [0.717, 1.165) is 16.7 Å². The van der Waals surface area contributed by atoms with Crippen LogP contribution in [0.4, 0.5) is 5.69 Å². The highest BCUT2D eigenvalue weighted by Crippen LogP contribution is 2.34. The molecule has 1 aliphatic heterocycles. The highest BCUT2D eigenvalue weighted by atomic mass is 32.2. The van der Waals surface area contributed by atoms with Crippen LogP contribution in [0.25, 0.3) is 0 Å². The molecule has 0 saturated carbocycles. The molecule has 2 aromatic carbocycles. The minimum atomic E-state index is -0.748. The second-order valence-electron chi connectivity index (χ2n) is 7.21. The van der Waals surface area contributed by atoms with E-state index in [4.69, 9.17) is 4.74 Å². The van der Waals surface area contributed by atoms with Crippen molar-refractivity contribution >= 4 is 29.3 Å². The quantitative estimate of drug-likeness (QED) is 0.416. The Hall–Kier alpha value is -3.59. The number of thioether (sulfide) groups is 1. The van der Waals surface area contributed by atoms with Crippen LogP contribution < -0.4 is 15.2 Å². The van der Waals surface area contributed by atoms with Gasteiger partial charge < -0.3 is 14.8 Å². The second kappa shape index (κ2) is 9.27. The lowest BCUT2D eigenvalue weighted by Crippen LogP contribution is -2.31. The molecule has 2 amide bonds. The molecular weight excluding hydrogens is 430 g/mol. The Balaban J connectivity index is 1.48. The second-order valence-corrected chi connectivity index (χ2v) is 8.40. The minimum Gasteiger partial charge on any atom is -0.493 e. The van der Waals surface area contributed by atoms with Crippen molar-refractivity contribution in [1.82, 2.24) is 9.97 Å². The van der Waals surface area contributed by atoms with Gasteiger partial charge in [0.2, 0.25) is 17.7 Å². The molecule has 3 aromatic rings. The molecule has 8 nitrogen and oxygen atoms in total. The SMILES string of the molecule is CCCc1c(O)nc(S[C@@H]2CC(=O)N(c3ccc(Oc4ccccc4)cc3)C2=O)[nH]c1=O. The Kier molecular flexibility index (Phi) is 6.27. The predicted octanol–water partition coefficient (Wildman–Crippen LogP) is 3.64. The molecule has 4 rings (SSSR count). The first-order valence-electron chi connectivity index (χ1n) is 10.1. The van der Waals surface area contributed by atoms with E-state index < -0.39 is 16.7 Å². The first kappa shape index (κ1) is 21.6. The summed E-state index contributed by atoms with van der Waals surface area (Å²) >= 11 is 0.958. The molecule has 0 bridgehead atoms. The molecule has 0 spiro atoms. The lowest BCUT2D eigenvalue weighted by Gasteiger charge is -2.15. The standard InChI is InChI=1S/C23H21N3O5S/c1-2-6-17-20(28)24-23(25-21(17)29)32-18-13-19(27)26(22(18)30)14-9-11-16(12-10-14)31-15-7-4-3-5-8-15/h3-5,7-12,18H,2,6,13H2,1H3,(H2,24,25,28,29)/t18-/m1/s1. The van der Waals surface area contributed by atoms with Crippen LogP contribution in [-0.4, -0.2) is 32.1 Å². The molecule has 164 valence electrons. The molecule has 0 unspecified atom stereocenters. The summed E-state index contributed by atoms with van der Waals surface area (Å²) in [6.45, 7) is 1.89. The summed E-state index contributed by atoms with van der Waals surface area (Å²) in [5.41, 5.74) is 0.209. The molecule has 9 heteroatoms. The number of carbonyl (C=O) groups is 2. The number of rotatable bonds is 7. The van der Waals surface area contributed by atoms with Crippen LogP contribution in [0.1, 0.15) is 25.3 Å². The normalized spacial score (nSPS) is 15.9. The van der Waals surface area contributed by atoms with Crippen LogP contribution in [0.3, 0.4) is 0 Å². The summed E-state index contributed by atoms with van der Waals surface area (Å²) in [5.74, 6) is 0.157. The van der Waals surface area contributed by atoms with Gasteiger partial charge >= 0.3 is 0 Å². The lowest BCUT2D eigenvalue weighted by atomic mass is 10.2. The van der Waals surface area contributed by atoms with E-state index in [2.05, 4.69) is 9.97 Å². The van der Waals surface area contributed by atoms with Crippen LogP contribution in [0.5, 0.6) is 17.4 Å². The smallest absolute Gasteiger partial charge is 0.258 e. The highest BCUT2D eigenvalue weighted by Gasteiger charge is 2.40. The Morgan fingerprint density at radius 3 is 2.44 bits per heavy atom. The van der Waals surface area contributed by atoms with Crippen molar-refractivity contribution in [3.05, 3.63) is 70.5 Å². The summed E-state index contributed by atoms with van der Waals surface area (Å²) in [5, 5.41) is 9.39. The maximum absolute atomic E-state index is 12.9. The predicted molar refractivity (Wildman–Crippen MR) is 120 cm³/mol. The molecule has 32 heavy (non-hydrogen) atoms. The van der Waals surface area contributed by atoms with Crippen LogP contribution in [0.2, 0.25) is 0 Å². The number of imide groups is 1. The van der Waals surface area contributed by atoms with Gasteiger partial charge in [0.25, 0.3) is 5.56 Å². The van der Waals surface area contributed by atoms with E-state index in [1.807, 2.05) is 37.3 Å². The van der Waals surface area contributed by atoms with Crippen molar-refractivity contribution in [3.63, 3.8) is 0 Å². The number of benzene rings is 2. The fourth-order valence-electron chi connectivity index (χ4n) is 3.39. The number of aromatic hydroxyl groups is 1. The molecule has 1 saturated heterocycles. The molecular formula is C23H21N3O5S. The zero-order chi connectivity index (χ0) is 22.7. The molecule has 2 N–H and O–H groups in total. The van der Waals surface area contributed by atoms with Gasteiger partial charge in [-0.15, -0.1) is 0 Å². The monoisotopic (exact) mass is 451 g/mol. The van der Waals surface area contributed by atoms with E-state index in [9.17, 15) is 19.5 Å². The molecule has 1 atom stereocenters. The summed E-state index contributed by atoms with van der Waals surface area (Å²) < 4.78 is 5.74. The maximum Gasteiger partial charge on any atom is 0.258 e. The van der Waals surface area contributed by atoms with E-state index in [0.29, 0.717) is 30.0 Å². The summed E-state index contributed by atoms with van der Waals surface area (Å²) in [6, 6.07) is 15.9. The van der Waals surface area contributed by atoms with Crippen molar-refractivity contribution in [2.24, 2.45) is 0 Å². The number of anilines is 1. The number of ether oxygens (including phenoxy) is 1. The van der Waals surface area contributed by atoms with Crippen molar-refractivity contribution in [1.29, 1.82) is 0 Å². The third-order valence-electron chi connectivity index (χ3n) is 4.90. The summed E-state index contributed by atoms with van der Waals surface area (Å²) in [7, 11) is 0. The largest absolute Gasteiger partial charge is 0.493 e. The molecule has 0 radical (unpaired) electrons. The number of nitrogens with one attached hydrogen (secondary N) is 1. The van der Waals surface area contributed by atoms with Crippen LogP contribution in [0, 0.1) is 0 Å². The van der Waals surface area contributed by atoms with Crippen molar-refractivity contribution < 1.29 is 19.4 Å². The Bertz CT molecular complexity index is 1190. The van der Waals surface area contributed by atoms with Gasteiger partial charge in [-0.2, -0.15) is 4.98 Å². The number of carbonyl (C=O) groups excluding carboxylic acids is 2. The number of H-pyrrole nitrogens is 1. The Morgan fingerprint density at radius 2 is 1.78 bits per heavy atom. The van der Waals surface area contributed by atoms with Crippen molar-refractivity contribution in [2.75, 3.05) is 4.90 Å². The number of aromatic nitrogens is 2. The maximum atomic E-state index is 12.9. The average Bonchev–Trinajstić information content (AvgIpc) is 3.05. The topological polar surface area (TPSA) is 113 Å². The third kappa shape index (κ3) is 4.52. The minimum absolute atomic E-state index is 0.0348. The van der Waals surface area contributed by atoms with Gasteiger partial charge in [0.1, 0.15) is 16.7 Å². The summed E-state index contributed by atoms with van der Waals surface area (Å²) in [4.78, 5) is 45.3. The number of amides is 2. The molecule has 2 heterocycles. The van der Waals surface area contributed by atoms with Gasteiger partial charge in [0.05, 0.1) is 11.3 Å². The van der Waals surface area contributed by atoms with Gasteiger partial charge in [-0.1, -0.05) is 43.3 Å². The fourth-order valence-corrected chi connectivity index (χ4v) is 4.38. The van der Waals surface area contributed by atoms with Crippen LogP contribution >= 0.6 is 11.8 Å². The first-order chi connectivity index (χ1) is 15.5. The number of hydrogen-bond donors (Lipinski definition) is 2. The molecule has 1 fully saturated rings. The average molecular weight is 452 g/mol. The van der Waals surface area contributed by atoms with Crippen LogP contribution in [-0.2, 0) is 16.0 Å². The fraction of sp³-hybridized carbons (Fsp3) is 0.217. The van der Waals surface area contributed by atoms with E-state index in [1.54, 1.807) is 24.3 Å². The van der Waals surface area contributed by atoms with Gasteiger partial charge in [-0.05, 0) is 42.8 Å². The number of hydrogen-bond acceptors (Lipinski definition) is 7. The number of nitrogens with zero attached hydrogens (tertiary/aromatic N) is 2. The molecule has 1 aromatic heterocycles. The van der Waals surface area contributed by atoms with Crippen LogP contribution in [0.15, 0.2) is 64.5 Å². The lowest BCUT2D eigenvalue weighted by molar-refractivity contribution is -0.121. The molecule has 0 aliphatic carbocycles. The molecule has 1 aliphatic rings. The van der Waals surface area contributed by atoms with Crippen molar-refractivity contribution in [2.45, 2.75) is 36.6 Å².